The first-order valence-electron chi connectivity index (χ1n) is 6.91. The zero-order chi connectivity index (χ0) is 16.7. The SMILES string of the molecule is C=CCOc1cccc(NC(=O)CNc2ccc(Cl)cc2Cl)c1. The summed E-state index contributed by atoms with van der Waals surface area (Å²) in [5.41, 5.74) is 1.30. The molecule has 0 aliphatic heterocycles. The highest BCUT2D eigenvalue weighted by molar-refractivity contribution is 6.36. The third kappa shape index (κ3) is 5.51. The molecule has 0 spiro atoms. The van der Waals surface area contributed by atoms with E-state index in [1.807, 2.05) is 6.07 Å². The first-order chi connectivity index (χ1) is 11.1. The lowest BCUT2D eigenvalue weighted by atomic mass is 10.3. The van der Waals surface area contributed by atoms with Crippen molar-refractivity contribution < 1.29 is 9.53 Å². The fraction of sp³-hybridized carbons (Fsp3) is 0.118. The highest BCUT2D eigenvalue weighted by atomic mass is 35.5. The Bertz CT molecular complexity index is 705. The molecule has 0 atom stereocenters. The third-order valence-corrected chi connectivity index (χ3v) is 3.40. The molecule has 2 rings (SSSR count). The lowest BCUT2D eigenvalue weighted by Gasteiger charge is -2.10. The summed E-state index contributed by atoms with van der Waals surface area (Å²) in [6, 6.07) is 12.2. The smallest absolute Gasteiger partial charge is 0.243 e. The van der Waals surface area contributed by atoms with Gasteiger partial charge < -0.3 is 15.4 Å². The predicted molar refractivity (Wildman–Crippen MR) is 95.7 cm³/mol. The molecular weight excluding hydrogens is 335 g/mol. The molecule has 1 amide bonds. The summed E-state index contributed by atoms with van der Waals surface area (Å²) < 4.78 is 5.42. The number of nitrogens with one attached hydrogen (secondary N) is 2. The van der Waals surface area contributed by atoms with Gasteiger partial charge in [0.2, 0.25) is 5.91 Å². The molecule has 0 aromatic heterocycles. The average Bonchev–Trinajstić information content (AvgIpc) is 2.52. The lowest BCUT2D eigenvalue weighted by Crippen LogP contribution is -2.21. The summed E-state index contributed by atoms with van der Waals surface area (Å²) in [5, 5.41) is 6.75. The molecule has 120 valence electrons. The lowest BCUT2D eigenvalue weighted by molar-refractivity contribution is -0.114. The van der Waals surface area contributed by atoms with Crippen molar-refractivity contribution in [2.24, 2.45) is 0 Å². The maximum atomic E-state index is 12.0. The number of hydrogen-bond donors (Lipinski definition) is 2. The second-order valence-corrected chi connectivity index (χ2v) is 5.50. The maximum absolute atomic E-state index is 12.0. The van der Waals surface area contributed by atoms with Crippen molar-refractivity contribution in [3.63, 3.8) is 0 Å². The van der Waals surface area contributed by atoms with E-state index in [1.165, 1.54) is 0 Å². The van der Waals surface area contributed by atoms with Crippen LogP contribution in [0.25, 0.3) is 0 Å². The fourth-order valence-electron chi connectivity index (χ4n) is 1.83. The number of amides is 1. The van der Waals surface area contributed by atoms with E-state index in [0.29, 0.717) is 33.8 Å². The number of rotatable bonds is 7. The molecule has 0 fully saturated rings. The van der Waals surface area contributed by atoms with Crippen LogP contribution in [0.15, 0.2) is 55.1 Å². The number of ether oxygens (including phenoxy) is 1. The van der Waals surface area contributed by atoms with Crippen LogP contribution in [0.1, 0.15) is 0 Å². The Kier molecular flexibility index (Phi) is 6.32. The summed E-state index contributed by atoms with van der Waals surface area (Å²) in [6.45, 7) is 4.08. The van der Waals surface area contributed by atoms with Crippen molar-refractivity contribution in [1.29, 1.82) is 0 Å². The number of hydrogen-bond acceptors (Lipinski definition) is 3. The molecule has 4 nitrogen and oxygen atoms in total. The molecular formula is C17H16Cl2N2O2. The van der Waals surface area contributed by atoms with Crippen LogP contribution in [0, 0.1) is 0 Å². The molecule has 0 saturated heterocycles. The Morgan fingerprint density at radius 1 is 1.22 bits per heavy atom. The van der Waals surface area contributed by atoms with Gasteiger partial charge in [-0.05, 0) is 30.3 Å². The van der Waals surface area contributed by atoms with E-state index in [-0.39, 0.29) is 12.5 Å². The molecule has 23 heavy (non-hydrogen) atoms. The molecule has 0 unspecified atom stereocenters. The van der Waals surface area contributed by atoms with Gasteiger partial charge in [0.05, 0.1) is 17.3 Å². The van der Waals surface area contributed by atoms with E-state index in [2.05, 4.69) is 17.2 Å². The summed E-state index contributed by atoms with van der Waals surface area (Å²) in [7, 11) is 0. The monoisotopic (exact) mass is 350 g/mol. The summed E-state index contributed by atoms with van der Waals surface area (Å²) >= 11 is 11.9. The Balaban J connectivity index is 1.90. The number of benzene rings is 2. The molecule has 2 N–H and O–H groups in total. The van der Waals surface area contributed by atoms with Crippen molar-refractivity contribution >= 4 is 40.5 Å². The molecule has 0 bridgehead atoms. The molecule has 0 heterocycles. The van der Waals surface area contributed by atoms with Crippen LogP contribution in [0.3, 0.4) is 0 Å². The van der Waals surface area contributed by atoms with Crippen LogP contribution in [0.4, 0.5) is 11.4 Å². The zero-order valence-corrected chi connectivity index (χ0v) is 13.8. The molecule has 0 aliphatic carbocycles. The van der Waals surface area contributed by atoms with E-state index in [1.54, 1.807) is 42.5 Å². The van der Waals surface area contributed by atoms with E-state index in [9.17, 15) is 4.79 Å². The van der Waals surface area contributed by atoms with E-state index in [0.717, 1.165) is 0 Å². The quantitative estimate of drug-likeness (QED) is 0.717. The highest BCUT2D eigenvalue weighted by Gasteiger charge is 2.06. The molecule has 0 aliphatic rings. The standard InChI is InChI=1S/C17H16Cl2N2O2/c1-2-8-23-14-5-3-4-13(10-14)21-17(22)11-20-16-7-6-12(18)9-15(16)19/h2-7,9-10,20H,1,8,11H2,(H,21,22). The summed E-state index contributed by atoms with van der Waals surface area (Å²) in [5.74, 6) is 0.466. The Labute approximate surface area is 145 Å². The van der Waals surface area contributed by atoms with Gasteiger partial charge in [-0.15, -0.1) is 0 Å². The summed E-state index contributed by atoms with van der Waals surface area (Å²) in [4.78, 5) is 12.0. The van der Waals surface area contributed by atoms with E-state index in [4.69, 9.17) is 27.9 Å². The minimum Gasteiger partial charge on any atom is -0.489 e. The maximum Gasteiger partial charge on any atom is 0.243 e. The van der Waals surface area contributed by atoms with Gasteiger partial charge in [-0.25, -0.2) is 0 Å². The van der Waals surface area contributed by atoms with Gasteiger partial charge in [0, 0.05) is 16.8 Å². The van der Waals surface area contributed by atoms with E-state index < -0.39 is 0 Å². The zero-order valence-electron chi connectivity index (χ0n) is 12.3. The Hall–Kier alpha value is -2.17. The van der Waals surface area contributed by atoms with Crippen LogP contribution in [0.2, 0.25) is 10.0 Å². The molecule has 0 saturated carbocycles. The minimum absolute atomic E-state index is 0.0824. The van der Waals surface area contributed by atoms with Gasteiger partial charge in [0.25, 0.3) is 0 Å². The van der Waals surface area contributed by atoms with Crippen molar-refractivity contribution in [3.8, 4) is 5.75 Å². The van der Waals surface area contributed by atoms with Gasteiger partial charge in [-0.3, -0.25) is 4.79 Å². The highest BCUT2D eigenvalue weighted by Crippen LogP contribution is 2.25. The fourth-order valence-corrected chi connectivity index (χ4v) is 2.31. The largest absolute Gasteiger partial charge is 0.489 e. The van der Waals surface area contributed by atoms with E-state index >= 15 is 0 Å². The van der Waals surface area contributed by atoms with Crippen LogP contribution in [-0.2, 0) is 4.79 Å². The van der Waals surface area contributed by atoms with Crippen molar-refractivity contribution in [2.45, 2.75) is 0 Å². The number of halogens is 2. The number of carbonyl (C=O) groups is 1. The van der Waals surface area contributed by atoms with Crippen LogP contribution in [0.5, 0.6) is 5.75 Å². The van der Waals surface area contributed by atoms with Gasteiger partial charge in [0.1, 0.15) is 12.4 Å². The second kappa shape index (κ2) is 8.46. The predicted octanol–water partition coefficient (Wildman–Crippen LogP) is 4.61. The molecule has 2 aromatic rings. The topological polar surface area (TPSA) is 50.4 Å². The molecule has 6 heteroatoms. The van der Waals surface area contributed by atoms with Gasteiger partial charge in [-0.2, -0.15) is 0 Å². The normalized spacial score (nSPS) is 10.0. The first-order valence-corrected chi connectivity index (χ1v) is 7.66. The summed E-state index contributed by atoms with van der Waals surface area (Å²) in [6.07, 6.45) is 1.66. The minimum atomic E-state index is -0.197. The van der Waals surface area contributed by atoms with Crippen molar-refractivity contribution in [1.82, 2.24) is 0 Å². The Morgan fingerprint density at radius 2 is 2.04 bits per heavy atom. The van der Waals surface area contributed by atoms with Crippen LogP contribution >= 0.6 is 23.2 Å². The third-order valence-electron chi connectivity index (χ3n) is 2.86. The molecule has 2 aromatic carbocycles. The number of anilines is 2. The Morgan fingerprint density at radius 3 is 2.78 bits per heavy atom. The van der Waals surface area contributed by atoms with Gasteiger partial charge in [0.15, 0.2) is 0 Å². The van der Waals surface area contributed by atoms with Crippen molar-refractivity contribution in [2.75, 3.05) is 23.8 Å². The molecule has 0 radical (unpaired) electrons. The van der Waals surface area contributed by atoms with Crippen molar-refractivity contribution in [3.05, 3.63) is 65.2 Å². The van der Waals surface area contributed by atoms with Gasteiger partial charge >= 0.3 is 0 Å². The van der Waals surface area contributed by atoms with Crippen LogP contribution < -0.4 is 15.4 Å². The van der Waals surface area contributed by atoms with Crippen LogP contribution in [-0.4, -0.2) is 19.1 Å². The van der Waals surface area contributed by atoms with Gasteiger partial charge in [-0.1, -0.05) is 41.9 Å². The first kappa shape index (κ1) is 17.2. The number of carbonyl (C=O) groups excluding carboxylic acids is 1. The second-order valence-electron chi connectivity index (χ2n) is 4.65. The average molecular weight is 351 g/mol.